The Balaban J connectivity index is 1.64. The number of likely N-dealkylation sites (N-methyl/N-ethyl adjacent to an activating group) is 1. The van der Waals surface area contributed by atoms with E-state index in [-0.39, 0.29) is 30.2 Å². The van der Waals surface area contributed by atoms with Gasteiger partial charge in [0.1, 0.15) is 5.82 Å². The second-order valence-electron chi connectivity index (χ2n) is 8.79. The molecule has 0 aromatic heterocycles. The molecule has 0 saturated carbocycles. The van der Waals surface area contributed by atoms with Gasteiger partial charge >= 0.3 is 202 Å². The van der Waals surface area contributed by atoms with Gasteiger partial charge in [-0.2, -0.15) is 0 Å². The van der Waals surface area contributed by atoms with E-state index in [2.05, 4.69) is 21.2 Å². The Kier molecular flexibility index (Phi) is 10.6. The van der Waals surface area contributed by atoms with E-state index in [1.165, 1.54) is 27.5 Å². The minimum absolute atomic E-state index is 0.0592. The van der Waals surface area contributed by atoms with Crippen LogP contribution in [0.5, 0.6) is 5.75 Å². The first-order valence-corrected chi connectivity index (χ1v) is 15.1. The van der Waals surface area contributed by atoms with Gasteiger partial charge in [0, 0.05) is 0 Å². The van der Waals surface area contributed by atoms with Crippen LogP contribution in [0.4, 0.5) is 8.78 Å². The third-order valence-corrected chi connectivity index (χ3v) is 9.88. The second kappa shape index (κ2) is 13.7. The quantitative estimate of drug-likeness (QED) is 0.253. The maximum absolute atomic E-state index is 14.0. The molecule has 3 rings (SSSR count). The fourth-order valence-corrected chi connectivity index (χ4v) is 7.18. The first kappa shape index (κ1) is 29.5. The van der Waals surface area contributed by atoms with Crippen LogP contribution in [0.1, 0.15) is 27.0 Å². The van der Waals surface area contributed by atoms with Crippen molar-refractivity contribution in [2.24, 2.45) is 0 Å². The van der Waals surface area contributed by atoms with Crippen molar-refractivity contribution >= 4 is 54.1 Å². The van der Waals surface area contributed by atoms with Gasteiger partial charge in [0.05, 0.1) is 0 Å². The molecule has 0 aliphatic heterocycles. The molecule has 3 aromatic rings. The summed E-state index contributed by atoms with van der Waals surface area (Å²) in [6.45, 7) is 3.94. The van der Waals surface area contributed by atoms with Gasteiger partial charge in [-0.25, -0.2) is 4.39 Å². The van der Waals surface area contributed by atoms with Gasteiger partial charge in [0.15, 0.2) is 0 Å². The van der Waals surface area contributed by atoms with E-state index < -0.39 is 39.5 Å². The Morgan fingerprint density at radius 1 is 1.05 bits per heavy atom. The molecular weight excluding hydrogens is 621 g/mol. The number of aldehydes is 1. The van der Waals surface area contributed by atoms with Gasteiger partial charge in [-0.1, -0.05) is 12.1 Å². The fraction of sp³-hybridized carbons (Fsp3) is 0.250. The number of amides is 2. The standard InChI is InChI=1S/C28H28AsBrF2N2O4/c1-17-10-20(30)11-18(2)27(17)29-13-23(16-35)38-25-9-8-22(32)12-24(25)28(37)33-14-26(36)34(3)15-19-4-6-21(31)7-5-19/h4-12,16,23,29H,13-15H2,1-3H3,(H,33,37). The normalized spacial score (nSPS) is 11.8. The average molecular weight is 649 g/mol. The van der Waals surface area contributed by atoms with Crippen LogP contribution in [0.25, 0.3) is 0 Å². The Labute approximate surface area is 235 Å². The molecule has 0 aliphatic rings. The number of hydrogen-bond acceptors (Lipinski definition) is 4. The number of carbonyl (C=O) groups excluding carboxylic acids is 3. The molecule has 0 spiro atoms. The summed E-state index contributed by atoms with van der Waals surface area (Å²) < 4.78 is 35.2. The van der Waals surface area contributed by atoms with Crippen molar-refractivity contribution in [1.82, 2.24) is 10.2 Å². The predicted molar refractivity (Wildman–Crippen MR) is 147 cm³/mol. The molecule has 200 valence electrons. The number of rotatable bonds is 11. The van der Waals surface area contributed by atoms with E-state index in [1.54, 1.807) is 19.2 Å². The zero-order chi connectivity index (χ0) is 27.8. The average Bonchev–Trinajstić information content (AvgIpc) is 2.87. The summed E-state index contributed by atoms with van der Waals surface area (Å²) in [5, 5.41) is 2.97. The number of nitrogens with zero attached hydrogens (tertiary/aromatic N) is 1. The van der Waals surface area contributed by atoms with Gasteiger partial charge in [-0.3, -0.25) is 0 Å². The van der Waals surface area contributed by atoms with Crippen molar-refractivity contribution in [1.29, 1.82) is 0 Å². The van der Waals surface area contributed by atoms with E-state index in [9.17, 15) is 23.2 Å². The van der Waals surface area contributed by atoms with Crippen LogP contribution >= 0.6 is 15.9 Å². The number of nitrogens with one attached hydrogen (secondary N) is 1. The number of halogens is 3. The van der Waals surface area contributed by atoms with Crippen molar-refractivity contribution in [3.8, 4) is 5.75 Å². The first-order valence-electron chi connectivity index (χ1n) is 11.8. The predicted octanol–water partition coefficient (Wildman–Crippen LogP) is 3.86. The molecule has 2 atom stereocenters. The summed E-state index contributed by atoms with van der Waals surface area (Å²) in [5.74, 6) is -2.06. The Bertz CT molecular complexity index is 1300. The molecular formula is C28H28AsBrF2N2O4. The molecule has 10 heteroatoms. The van der Waals surface area contributed by atoms with Crippen molar-refractivity contribution in [3.05, 3.63) is 93.0 Å². The molecule has 0 bridgehead atoms. The van der Waals surface area contributed by atoms with E-state index in [1.807, 2.05) is 26.0 Å². The van der Waals surface area contributed by atoms with E-state index >= 15 is 0 Å². The molecule has 2 amide bonds. The van der Waals surface area contributed by atoms with Gasteiger partial charge in [-0.05, 0) is 12.1 Å². The van der Waals surface area contributed by atoms with Crippen molar-refractivity contribution in [3.63, 3.8) is 0 Å². The number of benzene rings is 3. The van der Waals surface area contributed by atoms with E-state index in [0.717, 1.165) is 33.3 Å². The minimum atomic E-state index is -0.807. The summed E-state index contributed by atoms with van der Waals surface area (Å²) >= 11 is 2.75. The van der Waals surface area contributed by atoms with Crippen LogP contribution in [0, 0.1) is 25.5 Å². The molecule has 2 unspecified atom stereocenters. The molecule has 3 aromatic carbocycles. The molecule has 1 N–H and O–H groups in total. The molecule has 0 radical (unpaired) electrons. The van der Waals surface area contributed by atoms with Crippen LogP contribution in [-0.4, -0.2) is 58.4 Å². The zero-order valence-corrected chi connectivity index (χ0v) is 24.9. The number of hydrogen-bond donors (Lipinski definition) is 1. The van der Waals surface area contributed by atoms with Gasteiger partial charge in [-0.15, -0.1) is 0 Å². The molecule has 0 aliphatic carbocycles. The summed E-state index contributed by atoms with van der Waals surface area (Å²) in [4.78, 5) is 38.6. The number of aryl methyl sites for hydroxylation is 2. The van der Waals surface area contributed by atoms with Crippen molar-refractivity contribution < 1.29 is 27.9 Å². The maximum atomic E-state index is 14.0. The summed E-state index contributed by atoms with van der Waals surface area (Å²) in [6, 6.07) is 13.3. The van der Waals surface area contributed by atoms with Crippen LogP contribution in [0.15, 0.2) is 59.1 Å². The molecule has 0 fully saturated rings. The Morgan fingerprint density at radius 2 is 1.68 bits per heavy atom. The molecule has 0 saturated heterocycles. The van der Waals surface area contributed by atoms with Gasteiger partial charge in [0.2, 0.25) is 0 Å². The van der Waals surface area contributed by atoms with Crippen molar-refractivity contribution in [2.45, 2.75) is 31.7 Å². The minimum Gasteiger partial charge on any atom is -0.207 e. The van der Waals surface area contributed by atoms with Crippen molar-refractivity contribution in [2.75, 3.05) is 13.6 Å². The van der Waals surface area contributed by atoms with Crippen LogP contribution in [-0.2, 0) is 16.1 Å². The third-order valence-electron chi connectivity index (χ3n) is 5.75. The van der Waals surface area contributed by atoms with Crippen LogP contribution < -0.4 is 14.4 Å². The number of ether oxygens (including phenoxy) is 1. The smallest absolute Gasteiger partial charge is 0.207 e. The summed E-state index contributed by atoms with van der Waals surface area (Å²) in [7, 11) is 1.56. The van der Waals surface area contributed by atoms with E-state index in [0.29, 0.717) is 11.5 Å². The molecule has 38 heavy (non-hydrogen) atoms. The Morgan fingerprint density at radius 3 is 2.32 bits per heavy atom. The monoisotopic (exact) mass is 648 g/mol. The fourth-order valence-electron chi connectivity index (χ4n) is 3.79. The topological polar surface area (TPSA) is 75.7 Å². The summed E-state index contributed by atoms with van der Waals surface area (Å²) in [5.41, 5.74) is 2.89. The van der Waals surface area contributed by atoms with Gasteiger partial charge in [0.25, 0.3) is 0 Å². The zero-order valence-electron chi connectivity index (χ0n) is 21.2. The van der Waals surface area contributed by atoms with E-state index in [4.69, 9.17) is 4.74 Å². The second-order valence-corrected chi connectivity index (χ2v) is 12.4. The first-order chi connectivity index (χ1) is 18.1. The summed E-state index contributed by atoms with van der Waals surface area (Å²) in [6.07, 6.45) is -0.121. The Hall–Kier alpha value is -3.03. The van der Waals surface area contributed by atoms with Crippen LogP contribution in [0.2, 0.25) is 5.21 Å². The molecule has 6 nitrogen and oxygen atoms in total. The molecule has 0 heterocycles. The third kappa shape index (κ3) is 8.23. The number of carbonyl (C=O) groups is 3. The van der Waals surface area contributed by atoms with Gasteiger partial charge < -0.3 is 0 Å². The SMILES string of the molecule is Cc1cc(Br)cc(C)c1[AsH]CC(C=O)Oc1ccc(F)cc1C(=O)NCC(=O)N(C)Cc1ccc(F)cc1. The van der Waals surface area contributed by atoms with Crippen LogP contribution in [0.3, 0.4) is 0 Å².